The van der Waals surface area contributed by atoms with Crippen LogP contribution in [0, 0.1) is 6.92 Å². The number of rotatable bonds is 9. The van der Waals surface area contributed by atoms with Gasteiger partial charge in [0.15, 0.2) is 5.65 Å². The average Bonchev–Trinajstić information content (AvgIpc) is 3.26. The monoisotopic (exact) mass is 442 g/mol. The van der Waals surface area contributed by atoms with Crippen LogP contribution in [0.2, 0.25) is 0 Å². The molecule has 0 bridgehead atoms. The molecule has 170 valence electrons. The third kappa shape index (κ3) is 5.06. The minimum Gasteiger partial charge on any atom is -0.494 e. The van der Waals surface area contributed by atoms with Crippen molar-refractivity contribution in [1.29, 1.82) is 0 Å². The van der Waals surface area contributed by atoms with Crippen molar-refractivity contribution in [3.05, 3.63) is 65.7 Å². The second kappa shape index (κ2) is 10.3. The van der Waals surface area contributed by atoms with E-state index in [0.717, 1.165) is 47.2 Å². The maximum atomic E-state index is 13.3. The van der Waals surface area contributed by atoms with Crippen LogP contribution in [0.1, 0.15) is 49.0 Å². The van der Waals surface area contributed by atoms with Crippen LogP contribution < -0.4 is 10.1 Å². The van der Waals surface area contributed by atoms with Crippen molar-refractivity contribution in [2.45, 2.75) is 40.0 Å². The number of carbonyl (C=O) groups is 1. The molecule has 6 nitrogen and oxygen atoms in total. The van der Waals surface area contributed by atoms with Gasteiger partial charge in [-0.3, -0.25) is 9.89 Å². The molecule has 1 amide bonds. The van der Waals surface area contributed by atoms with Crippen LogP contribution >= 0.6 is 0 Å². The fourth-order valence-electron chi connectivity index (χ4n) is 3.84. The van der Waals surface area contributed by atoms with E-state index in [1.807, 2.05) is 61.5 Å². The van der Waals surface area contributed by atoms with Gasteiger partial charge < -0.3 is 10.1 Å². The fraction of sp³-hybridized carbons (Fsp3) is 0.296. The standard InChI is InChI=1S/C27H30N4O2/c1-4-6-7-16-28-27(32)22-17-23(19-12-14-21(15-13-19)33-5-2)29-26-24(22)25(30-31-26)20-10-8-18(3)9-11-20/h8-15,17H,4-7,16H2,1-3H3,(H,28,32)(H,29,30,31). The molecule has 0 aliphatic heterocycles. The Labute approximate surface area is 194 Å². The molecule has 4 rings (SSSR count). The highest BCUT2D eigenvalue weighted by atomic mass is 16.5. The summed E-state index contributed by atoms with van der Waals surface area (Å²) in [4.78, 5) is 18.1. The normalized spacial score (nSPS) is 11.0. The molecule has 4 aromatic rings. The zero-order chi connectivity index (χ0) is 23.2. The first-order chi connectivity index (χ1) is 16.1. The molecule has 0 saturated heterocycles. The highest BCUT2D eigenvalue weighted by Crippen LogP contribution is 2.32. The smallest absolute Gasteiger partial charge is 0.252 e. The number of unbranched alkanes of at least 4 members (excludes halogenated alkanes) is 2. The summed E-state index contributed by atoms with van der Waals surface area (Å²) in [5.41, 5.74) is 5.65. The number of H-pyrrole nitrogens is 1. The second-order valence-electron chi connectivity index (χ2n) is 8.14. The average molecular weight is 443 g/mol. The first-order valence-corrected chi connectivity index (χ1v) is 11.6. The van der Waals surface area contributed by atoms with Gasteiger partial charge in [0.1, 0.15) is 5.75 Å². The van der Waals surface area contributed by atoms with Crippen LogP contribution in [0.5, 0.6) is 5.75 Å². The molecule has 0 unspecified atom stereocenters. The maximum absolute atomic E-state index is 13.3. The summed E-state index contributed by atoms with van der Waals surface area (Å²) in [6.45, 7) is 7.41. The van der Waals surface area contributed by atoms with Crippen LogP contribution in [-0.2, 0) is 0 Å². The number of pyridine rings is 1. The number of amides is 1. The summed E-state index contributed by atoms with van der Waals surface area (Å²) in [6.07, 6.45) is 3.15. The van der Waals surface area contributed by atoms with E-state index in [1.165, 1.54) is 5.56 Å². The molecule has 0 atom stereocenters. The number of carbonyl (C=O) groups excluding carboxylic acids is 1. The highest BCUT2D eigenvalue weighted by molar-refractivity contribution is 6.11. The van der Waals surface area contributed by atoms with Crippen molar-refractivity contribution in [3.8, 4) is 28.3 Å². The first kappa shape index (κ1) is 22.5. The number of hydrogen-bond acceptors (Lipinski definition) is 4. The second-order valence-corrected chi connectivity index (χ2v) is 8.14. The number of ether oxygens (including phenoxy) is 1. The molecule has 0 aliphatic carbocycles. The lowest BCUT2D eigenvalue weighted by molar-refractivity contribution is 0.0954. The molecule has 33 heavy (non-hydrogen) atoms. The summed E-state index contributed by atoms with van der Waals surface area (Å²) >= 11 is 0. The van der Waals surface area contributed by atoms with E-state index >= 15 is 0 Å². The number of fused-ring (bicyclic) bond motifs is 1. The van der Waals surface area contributed by atoms with E-state index in [2.05, 4.69) is 29.4 Å². The van der Waals surface area contributed by atoms with E-state index in [1.54, 1.807) is 0 Å². The van der Waals surface area contributed by atoms with Gasteiger partial charge in [0.2, 0.25) is 0 Å². The quantitative estimate of drug-likeness (QED) is 0.315. The van der Waals surface area contributed by atoms with Crippen molar-refractivity contribution >= 4 is 16.9 Å². The number of hydrogen-bond donors (Lipinski definition) is 2. The zero-order valence-corrected chi connectivity index (χ0v) is 19.4. The van der Waals surface area contributed by atoms with Gasteiger partial charge in [-0.15, -0.1) is 0 Å². The molecular weight excluding hydrogens is 412 g/mol. The number of nitrogens with zero attached hydrogens (tertiary/aromatic N) is 2. The topological polar surface area (TPSA) is 79.9 Å². The van der Waals surface area contributed by atoms with Crippen molar-refractivity contribution in [1.82, 2.24) is 20.5 Å². The lowest BCUT2D eigenvalue weighted by atomic mass is 10.0. The van der Waals surface area contributed by atoms with Crippen molar-refractivity contribution in [2.24, 2.45) is 0 Å². The number of aryl methyl sites for hydroxylation is 1. The summed E-state index contributed by atoms with van der Waals surface area (Å²) in [5.74, 6) is 0.693. The van der Waals surface area contributed by atoms with E-state index in [-0.39, 0.29) is 5.91 Å². The van der Waals surface area contributed by atoms with Gasteiger partial charge in [-0.2, -0.15) is 5.10 Å². The van der Waals surface area contributed by atoms with Crippen molar-refractivity contribution in [2.75, 3.05) is 13.2 Å². The van der Waals surface area contributed by atoms with Crippen molar-refractivity contribution < 1.29 is 9.53 Å². The zero-order valence-electron chi connectivity index (χ0n) is 19.4. The summed E-state index contributed by atoms with van der Waals surface area (Å²) < 4.78 is 5.55. The Bertz CT molecular complexity index is 1230. The SMILES string of the molecule is CCCCCNC(=O)c1cc(-c2ccc(OCC)cc2)nc2n[nH]c(-c3ccc(C)cc3)c12. The van der Waals surface area contributed by atoms with Crippen LogP contribution in [0.3, 0.4) is 0 Å². The van der Waals surface area contributed by atoms with Gasteiger partial charge in [0, 0.05) is 17.7 Å². The lowest BCUT2D eigenvalue weighted by Gasteiger charge is -2.10. The third-order valence-electron chi connectivity index (χ3n) is 5.64. The van der Waals surface area contributed by atoms with Gasteiger partial charge in [0.25, 0.3) is 5.91 Å². The molecule has 0 radical (unpaired) electrons. The number of nitrogens with one attached hydrogen (secondary N) is 2. The summed E-state index contributed by atoms with van der Waals surface area (Å²) in [6, 6.07) is 17.8. The Morgan fingerprint density at radius 3 is 2.42 bits per heavy atom. The Balaban J connectivity index is 1.78. The molecule has 0 aliphatic rings. The first-order valence-electron chi connectivity index (χ1n) is 11.6. The largest absolute Gasteiger partial charge is 0.494 e. The van der Waals surface area contributed by atoms with Gasteiger partial charge in [-0.25, -0.2) is 4.98 Å². The number of benzene rings is 2. The molecule has 0 spiro atoms. The van der Waals surface area contributed by atoms with Crippen LogP contribution in [0.15, 0.2) is 54.6 Å². The highest BCUT2D eigenvalue weighted by Gasteiger charge is 2.20. The Morgan fingerprint density at radius 1 is 1.00 bits per heavy atom. The maximum Gasteiger partial charge on any atom is 0.252 e. The summed E-state index contributed by atoms with van der Waals surface area (Å²) in [7, 11) is 0. The van der Waals surface area contributed by atoms with Gasteiger partial charge >= 0.3 is 0 Å². The minimum atomic E-state index is -0.111. The fourth-order valence-corrected chi connectivity index (χ4v) is 3.84. The predicted molar refractivity (Wildman–Crippen MR) is 133 cm³/mol. The minimum absolute atomic E-state index is 0.111. The van der Waals surface area contributed by atoms with Gasteiger partial charge in [-0.05, 0) is 50.6 Å². The molecule has 0 fully saturated rings. The van der Waals surface area contributed by atoms with Gasteiger partial charge in [-0.1, -0.05) is 49.6 Å². The van der Waals surface area contributed by atoms with E-state index < -0.39 is 0 Å². The molecule has 2 heterocycles. The Hall–Kier alpha value is -3.67. The molecule has 2 aromatic heterocycles. The van der Waals surface area contributed by atoms with E-state index in [0.29, 0.717) is 30.1 Å². The molecule has 2 aromatic carbocycles. The molecular formula is C27H30N4O2. The Morgan fingerprint density at radius 2 is 1.73 bits per heavy atom. The number of aromatic nitrogens is 3. The van der Waals surface area contributed by atoms with Crippen LogP contribution in [0.4, 0.5) is 0 Å². The van der Waals surface area contributed by atoms with Gasteiger partial charge in [0.05, 0.1) is 28.9 Å². The molecule has 2 N–H and O–H groups in total. The number of aromatic amines is 1. The third-order valence-corrected chi connectivity index (χ3v) is 5.64. The molecule has 0 saturated carbocycles. The van der Waals surface area contributed by atoms with Crippen LogP contribution in [-0.4, -0.2) is 34.2 Å². The summed E-state index contributed by atoms with van der Waals surface area (Å²) in [5, 5.41) is 11.4. The lowest BCUT2D eigenvalue weighted by Crippen LogP contribution is -2.24. The molecule has 6 heteroatoms. The van der Waals surface area contributed by atoms with Crippen LogP contribution in [0.25, 0.3) is 33.5 Å². The predicted octanol–water partition coefficient (Wildman–Crippen LogP) is 5.92. The Kier molecular flexibility index (Phi) is 7.03. The van der Waals surface area contributed by atoms with Crippen molar-refractivity contribution in [3.63, 3.8) is 0 Å². The van der Waals surface area contributed by atoms with E-state index in [9.17, 15) is 4.79 Å². The van der Waals surface area contributed by atoms with E-state index in [4.69, 9.17) is 9.72 Å².